The number of nitrogens with two attached hydrogens (primary N) is 1. The van der Waals surface area contributed by atoms with Crippen molar-refractivity contribution in [2.24, 2.45) is 0 Å². The number of aromatic nitrogens is 2. The molecule has 0 bridgehead atoms. The summed E-state index contributed by atoms with van der Waals surface area (Å²) in [4.78, 5) is 19.0. The largest absolute Gasteiger partial charge is 0.381 e. The van der Waals surface area contributed by atoms with Gasteiger partial charge in [0.25, 0.3) is 0 Å². The number of thioether (sulfide) groups is 1. The fourth-order valence-corrected chi connectivity index (χ4v) is 2.47. The Morgan fingerprint density at radius 1 is 1.50 bits per heavy atom. The van der Waals surface area contributed by atoms with E-state index >= 15 is 0 Å². The monoisotopic (exact) mass is 240 g/mol. The van der Waals surface area contributed by atoms with Crippen LogP contribution in [0.2, 0.25) is 0 Å². The molecule has 86 valence electrons. The highest BCUT2D eigenvalue weighted by atomic mass is 32.2. The van der Waals surface area contributed by atoms with Crippen LogP contribution in [0.5, 0.6) is 0 Å². The van der Waals surface area contributed by atoms with E-state index in [0.29, 0.717) is 23.7 Å². The van der Waals surface area contributed by atoms with Gasteiger partial charge in [0.1, 0.15) is 11.3 Å². The summed E-state index contributed by atoms with van der Waals surface area (Å²) in [6, 6.07) is 0. The highest BCUT2D eigenvalue weighted by Crippen LogP contribution is 2.30. The van der Waals surface area contributed by atoms with Gasteiger partial charge in [-0.3, -0.25) is 4.79 Å². The first-order valence-electron chi connectivity index (χ1n) is 4.87. The van der Waals surface area contributed by atoms with Crippen molar-refractivity contribution < 1.29 is 9.90 Å². The number of piperidine rings is 1. The predicted molar refractivity (Wildman–Crippen MR) is 59.5 cm³/mol. The lowest BCUT2D eigenvalue weighted by molar-refractivity contribution is -0.126. The van der Waals surface area contributed by atoms with Gasteiger partial charge >= 0.3 is 0 Å². The molecule has 2 unspecified atom stereocenters. The van der Waals surface area contributed by atoms with Crippen molar-refractivity contribution in [1.29, 1.82) is 0 Å². The zero-order valence-corrected chi connectivity index (χ0v) is 9.28. The Labute approximate surface area is 96.7 Å². The molecule has 0 aromatic carbocycles. The maximum atomic E-state index is 11.0. The standard InChI is InChI=1S/C9H12N4O2S/c10-7-9(12-4-3-11-7)16-5-1-2-6(14)13-8(5)15/h3-5,8,15H,1-2H2,(H2,10,11)(H,13,14). The van der Waals surface area contributed by atoms with Gasteiger partial charge in [0.15, 0.2) is 5.82 Å². The number of anilines is 1. The van der Waals surface area contributed by atoms with Gasteiger partial charge in [-0.1, -0.05) is 11.8 Å². The Morgan fingerprint density at radius 3 is 2.94 bits per heavy atom. The van der Waals surface area contributed by atoms with Gasteiger partial charge in [0.2, 0.25) is 5.91 Å². The van der Waals surface area contributed by atoms with Crippen molar-refractivity contribution in [1.82, 2.24) is 15.3 Å². The molecule has 1 amide bonds. The normalized spacial score (nSPS) is 25.2. The van der Waals surface area contributed by atoms with E-state index in [1.54, 1.807) is 6.20 Å². The minimum atomic E-state index is -0.854. The van der Waals surface area contributed by atoms with Gasteiger partial charge in [0, 0.05) is 18.8 Å². The molecule has 0 spiro atoms. The predicted octanol–water partition coefficient (Wildman–Crippen LogP) is -0.252. The molecule has 1 aliphatic rings. The smallest absolute Gasteiger partial charge is 0.222 e. The molecule has 0 aliphatic carbocycles. The van der Waals surface area contributed by atoms with Crippen LogP contribution in [0.1, 0.15) is 12.8 Å². The lowest BCUT2D eigenvalue weighted by Crippen LogP contribution is -2.46. The topological polar surface area (TPSA) is 101 Å². The SMILES string of the molecule is Nc1nccnc1SC1CCC(=O)NC1O. The van der Waals surface area contributed by atoms with E-state index < -0.39 is 6.23 Å². The minimum Gasteiger partial charge on any atom is -0.381 e. The molecule has 2 rings (SSSR count). The second-order valence-electron chi connectivity index (χ2n) is 3.45. The van der Waals surface area contributed by atoms with Gasteiger partial charge < -0.3 is 16.2 Å². The summed E-state index contributed by atoms with van der Waals surface area (Å²) in [5.74, 6) is 0.216. The number of amides is 1. The third kappa shape index (κ3) is 2.42. The number of hydrogen-bond acceptors (Lipinski definition) is 6. The molecule has 6 nitrogen and oxygen atoms in total. The molecule has 2 heterocycles. The maximum Gasteiger partial charge on any atom is 0.222 e. The van der Waals surface area contributed by atoms with Crippen LogP contribution in [0.25, 0.3) is 0 Å². The lowest BCUT2D eigenvalue weighted by Gasteiger charge is -2.27. The molecule has 2 atom stereocenters. The van der Waals surface area contributed by atoms with Crippen molar-refractivity contribution in [3.63, 3.8) is 0 Å². The summed E-state index contributed by atoms with van der Waals surface area (Å²) in [6.45, 7) is 0. The van der Waals surface area contributed by atoms with Crippen LogP contribution in [0.4, 0.5) is 5.82 Å². The highest BCUT2D eigenvalue weighted by Gasteiger charge is 2.28. The number of hydrogen-bond donors (Lipinski definition) is 3. The van der Waals surface area contributed by atoms with Crippen LogP contribution in [0.15, 0.2) is 17.4 Å². The summed E-state index contributed by atoms with van der Waals surface area (Å²) < 4.78 is 0. The number of rotatable bonds is 2. The number of nitrogen functional groups attached to an aromatic ring is 1. The number of nitrogens with one attached hydrogen (secondary N) is 1. The van der Waals surface area contributed by atoms with E-state index in [2.05, 4.69) is 15.3 Å². The highest BCUT2D eigenvalue weighted by molar-refractivity contribution is 8.00. The van der Waals surface area contributed by atoms with Crippen molar-refractivity contribution in [2.75, 3.05) is 5.73 Å². The number of carbonyl (C=O) groups excluding carboxylic acids is 1. The maximum absolute atomic E-state index is 11.0. The summed E-state index contributed by atoms with van der Waals surface area (Å²) >= 11 is 1.34. The van der Waals surface area contributed by atoms with E-state index in [9.17, 15) is 9.90 Å². The average molecular weight is 240 g/mol. The first kappa shape index (κ1) is 11.2. The lowest BCUT2D eigenvalue weighted by atomic mass is 10.1. The third-order valence-corrected chi connectivity index (χ3v) is 3.61. The molecule has 1 saturated heterocycles. The van der Waals surface area contributed by atoms with Gasteiger partial charge in [0.05, 0.1) is 5.25 Å². The molecule has 1 aliphatic heterocycles. The Balaban J connectivity index is 2.05. The fourth-order valence-electron chi connectivity index (χ4n) is 1.45. The number of aliphatic hydroxyl groups excluding tert-OH is 1. The molecular weight excluding hydrogens is 228 g/mol. The first-order chi connectivity index (χ1) is 7.66. The van der Waals surface area contributed by atoms with Crippen LogP contribution in [-0.4, -0.2) is 32.5 Å². The second-order valence-corrected chi connectivity index (χ2v) is 4.68. The van der Waals surface area contributed by atoms with Gasteiger partial charge in [-0.2, -0.15) is 0 Å². The molecule has 1 aromatic rings. The van der Waals surface area contributed by atoms with Gasteiger partial charge in [-0.25, -0.2) is 9.97 Å². The van der Waals surface area contributed by atoms with Crippen LogP contribution in [0.3, 0.4) is 0 Å². The molecule has 16 heavy (non-hydrogen) atoms. The summed E-state index contributed by atoms with van der Waals surface area (Å²) in [6.07, 6.45) is 3.22. The molecule has 1 fully saturated rings. The molecular formula is C9H12N4O2S. The Morgan fingerprint density at radius 2 is 2.25 bits per heavy atom. The van der Waals surface area contributed by atoms with Crippen LogP contribution in [0, 0.1) is 0 Å². The average Bonchev–Trinajstić information content (AvgIpc) is 2.25. The van der Waals surface area contributed by atoms with E-state index in [0.717, 1.165) is 0 Å². The zero-order valence-electron chi connectivity index (χ0n) is 8.46. The fraction of sp³-hybridized carbons (Fsp3) is 0.444. The number of carbonyl (C=O) groups is 1. The van der Waals surface area contributed by atoms with E-state index in [-0.39, 0.29) is 11.2 Å². The summed E-state index contributed by atoms with van der Waals surface area (Å²) in [7, 11) is 0. The Hall–Kier alpha value is -1.34. The molecule has 0 radical (unpaired) electrons. The van der Waals surface area contributed by atoms with Gasteiger partial charge in [-0.15, -0.1) is 0 Å². The van der Waals surface area contributed by atoms with Gasteiger partial charge in [-0.05, 0) is 6.42 Å². The van der Waals surface area contributed by atoms with E-state index in [1.807, 2.05) is 0 Å². The third-order valence-electron chi connectivity index (χ3n) is 2.27. The van der Waals surface area contributed by atoms with Crippen LogP contribution >= 0.6 is 11.8 Å². The molecule has 0 saturated carbocycles. The summed E-state index contributed by atoms with van der Waals surface area (Å²) in [5, 5.41) is 12.6. The van der Waals surface area contributed by atoms with Crippen molar-refractivity contribution in [3.05, 3.63) is 12.4 Å². The quantitative estimate of drug-likeness (QED) is 0.659. The molecule has 1 aromatic heterocycles. The Bertz CT molecular complexity index is 401. The number of aliphatic hydroxyl groups is 1. The molecule has 7 heteroatoms. The van der Waals surface area contributed by atoms with E-state index in [4.69, 9.17) is 5.73 Å². The number of nitrogens with zero attached hydrogens (tertiary/aromatic N) is 2. The first-order valence-corrected chi connectivity index (χ1v) is 5.75. The van der Waals surface area contributed by atoms with Crippen LogP contribution < -0.4 is 11.1 Å². The van der Waals surface area contributed by atoms with Crippen molar-refractivity contribution in [3.8, 4) is 0 Å². The minimum absolute atomic E-state index is 0.128. The summed E-state index contributed by atoms with van der Waals surface area (Å²) in [5.41, 5.74) is 5.65. The van der Waals surface area contributed by atoms with Crippen LogP contribution in [-0.2, 0) is 4.79 Å². The zero-order chi connectivity index (χ0) is 11.5. The van der Waals surface area contributed by atoms with Crippen molar-refractivity contribution >= 4 is 23.5 Å². The molecule has 4 N–H and O–H groups in total. The van der Waals surface area contributed by atoms with E-state index in [1.165, 1.54) is 18.0 Å². The second kappa shape index (κ2) is 4.67. The Kier molecular flexibility index (Phi) is 3.25. The van der Waals surface area contributed by atoms with Crippen molar-refractivity contribution in [2.45, 2.75) is 29.3 Å².